The van der Waals surface area contributed by atoms with Crippen LogP contribution >= 0.6 is 15.9 Å². The Morgan fingerprint density at radius 1 is 0.935 bits per heavy atom. The summed E-state index contributed by atoms with van der Waals surface area (Å²) >= 11 is 3.36. The molecule has 0 radical (unpaired) electrons. The normalized spacial score (nSPS) is 17.9. The number of aliphatic hydroxyl groups excluding tert-OH is 1. The van der Waals surface area contributed by atoms with Crippen molar-refractivity contribution in [3.8, 4) is 5.75 Å². The lowest BCUT2D eigenvalue weighted by Gasteiger charge is -2.27. The molecule has 1 aliphatic rings. The average molecular weight is 478 g/mol. The molecule has 31 heavy (non-hydrogen) atoms. The first-order chi connectivity index (χ1) is 14.8. The van der Waals surface area contributed by atoms with Crippen LogP contribution in [0.1, 0.15) is 28.3 Å². The predicted molar refractivity (Wildman–Crippen MR) is 123 cm³/mol. The SMILES string of the molecule is Cc1cccc(N2C(=O)C(=O)/C(=C(/O)c3ccc(Br)cc3)C2c2ccc(O)cc2)c1C. The molecule has 3 aromatic rings. The molecule has 3 aromatic carbocycles. The van der Waals surface area contributed by atoms with Gasteiger partial charge in [0.25, 0.3) is 11.7 Å². The van der Waals surface area contributed by atoms with E-state index in [-0.39, 0.29) is 17.1 Å². The van der Waals surface area contributed by atoms with E-state index >= 15 is 0 Å². The molecule has 0 aliphatic carbocycles. The van der Waals surface area contributed by atoms with E-state index in [0.29, 0.717) is 16.8 Å². The van der Waals surface area contributed by atoms with Crippen LogP contribution in [0, 0.1) is 13.8 Å². The molecular formula is C25H20BrNO4. The third-order valence-corrected chi connectivity index (χ3v) is 6.14. The van der Waals surface area contributed by atoms with Crippen molar-refractivity contribution in [3.05, 3.63) is 99.0 Å². The zero-order valence-electron chi connectivity index (χ0n) is 17.0. The molecule has 6 heteroatoms. The minimum absolute atomic E-state index is 0.0129. The maximum Gasteiger partial charge on any atom is 0.300 e. The summed E-state index contributed by atoms with van der Waals surface area (Å²) in [5.41, 5.74) is 3.52. The summed E-state index contributed by atoms with van der Waals surface area (Å²) in [6.45, 7) is 3.83. The Labute approximate surface area is 188 Å². The van der Waals surface area contributed by atoms with Crippen molar-refractivity contribution in [1.29, 1.82) is 0 Å². The van der Waals surface area contributed by atoms with Gasteiger partial charge in [0, 0.05) is 15.7 Å². The first-order valence-electron chi connectivity index (χ1n) is 9.71. The van der Waals surface area contributed by atoms with Gasteiger partial charge in [0.1, 0.15) is 11.5 Å². The van der Waals surface area contributed by atoms with Gasteiger partial charge in [-0.15, -0.1) is 0 Å². The number of aryl methyl sites for hydroxylation is 1. The van der Waals surface area contributed by atoms with Gasteiger partial charge in [-0.05, 0) is 60.9 Å². The van der Waals surface area contributed by atoms with Gasteiger partial charge in [0.05, 0.1) is 11.6 Å². The van der Waals surface area contributed by atoms with Gasteiger partial charge in [-0.1, -0.05) is 52.3 Å². The lowest BCUT2D eigenvalue weighted by atomic mass is 9.94. The van der Waals surface area contributed by atoms with Crippen LogP contribution < -0.4 is 4.90 Å². The van der Waals surface area contributed by atoms with Crippen LogP contribution in [0.4, 0.5) is 5.69 Å². The summed E-state index contributed by atoms with van der Waals surface area (Å²) in [5, 5.41) is 20.8. The zero-order valence-corrected chi connectivity index (χ0v) is 18.6. The van der Waals surface area contributed by atoms with Gasteiger partial charge >= 0.3 is 0 Å². The fourth-order valence-corrected chi connectivity index (χ4v) is 4.08. The number of anilines is 1. The number of hydrogen-bond donors (Lipinski definition) is 2. The highest BCUT2D eigenvalue weighted by molar-refractivity contribution is 9.10. The van der Waals surface area contributed by atoms with E-state index in [1.54, 1.807) is 42.5 Å². The maximum absolute atomic E-state index is 13.2. The van der Waals surface area contributed by atoms with Crippen LogP contribution in [-0.4, -0.2) is 21.9 Å². The predicted octanol–water partition coefficient (Wildman–Crippen LogP) is 5.40. The molecule has 1 amide bonds. The van der Waals surface area contributed by atoms with Crippen LogP contribution in [0.2, 0.25) is 0 Å². The zero-order chi connectivity index (χ0) is 22.3. The van der Waals surface area contributed by atoms with Crippen molar-refractivity contribution in [2.45, 2.75) is 19.9 Å². The number of ketones is 1. The topological polar surface area (TPSA) is 77.8 Å². The second kappa shape index (κ2) is 8.04. The standard InChI is InChI=1S/C25H20BrNO4/c1-14-4-3-5-20(15(14)2)27-22(16-8-12-19(28)13-9-16)21(24(30)25(27)31)23(29)17-6-10-18(26)11-7-17/h3-13,22,28-29H,1-2H3/b23-21+. The molecule has 4 rings (SSSR count). The van der Waals surface area contributed by atoms with E-state index in [0.717, 1.165) is 15.6 Å². The fourth-order valence-electron chi connectivity index (χ4n) is 3.81. The summed E-state index contributed by atoms with van der Waals surface area (Å²) in [5.74, 6) is -1.62. The third kappa shape index (κ3) is 3.64. The number of halogens is 1. The Hall–Kier alpha value is -3.38. The molecule has 0 aromatic heterocycles. The molecule has 1 heterocycles. The Morgan fingerprint density at radius 2 is 1.58 bits per heavy atom. The summed E-state index contributed by atoms with van der Waals surface area (Å²) in [6.07, 6.45) is 0. The van der Waals surface area contributed by atoms with E-state index in [1.807, 2.05) is 26.0 Å². The van der Waals surface area contributed by atoms with Crippen molar-refractivity contribution in [2.24, 2.45) is 0 Å². The number of aliphatic hydroxyl groups is 1. The number of rotatable bonds is 3. The quantitative estimate of drug-likeness (QED) is 0.300. The number of amides is 1. The molecule has 5 nitrogen and oxygen atoms in total. The number of hydrogen-bond acceptors (Lipinski definition) is 4. The highest BCUT2D eigenvalue weighted by Crippen LogP contribution is 2.43. The Morgan fingerprint density at radius 3 is 2.23 bits per heavy atom. The number of aromatic hydroxyl groups is 1. The number of carbonyl (C=O) groups is 2. The molecule has 0 saturated carbocycles. The van der Waals surface area contributed by atoms with E-state index < -0.39 is 17.7 Å². The van der Waals surface area contributed by atoms with Gasteiger partial charge in [0.2, 0.25) is 0 Å². The molecule has 2 N–H and O–H groups in total. The van der Waals surface area contributed by atoms with E-state index in [1.165, 1.54) is 17.0 Å². The van der Waals surface area contributed by atoms with Crippen molar-refractivity contribution in [1.82, 2.24) is 0 Å². The van der Waals surface area contributed by atoms with Gasteiger partial charge < -0.3 is 10.2 Å². The molecule has 1 unspecified atom stereocenters. The number of carbonyl (C=O) groups excluding carboxylic acids is 2. The highest BCUT2D eigenvalue weighted by Gasteiger charge is 2.47. The molecule has 1 aliphatic heterocycles. The summed E-state index contributed by atoms with van der Waals surface area (Å²) in [4.78, 5) is 27.8. The number of nitrogens with zero attached hydrogens (tertiary/aromatic N) is 1. The second-order valence-corrected chi connectivity index (χ2v) is 8.40. The lowest BCUT2D eigenvalue weighted by Crippen LogP contribution is -2.30. The van der Waals surface area contributed by atoms with Crippen LogP contribution in [0.3, 0.4) is 0 Å². The second-order valence-electron chi connectivity index (χ2n) is 7.49. The summed E-state index contributed by atoms with van der Waals surface area (Å²) in [7, 11) is 0. The minimum atomic E-state index is -0.829. The average Bonchev–Trinajstić information content (AvgIpc) is 3.01. The number of phenols is 1. The van der Waals surface area contributed by atoms with E-state index in [9.17, 15) is 19.8 Å². The Kier molecular flexibility index (Phi) is 5.41. The summed E-state index contributed by atoms with van der Waals surface area (Å²) in [6, 6.07) is 17.9. The maximum atomic E-state index is 13.2. The Bertz CT molecular complexity index is 1210. The molecule has 0 bridgehead atoms. The van der Waals surface area contributed by atoms with Gasteiger partial charge in [-0.3, -0.25) is 14.5 Å². The van der Waals surface area contributed by atoms with Gasteiger partial charge in [-0.25, -0.2) is 0 Å². The van der Waals surface area contributed by atoms with Crippen LogP contribution in [0.5, 0.6) is 5.75 Å². The van der Waals surface area contributed by atoms with Crippen LogP contribution in [0.25, 0.3) is 5.76 Å². The van der Waals surface area contributed by atoms with Crippen LogP contribution in [-0.2, 0) is 9.59 Å². The highest BCUT2D eigenvalue weighted by atomic mass is 79.9. The van der Waals surface area contributed by atoms with Gasteiger partial charge in [0.15, 0.2) is 0 Å². The molecule has 1 fully saturated rings. The molecular weight excluding hydrogens is 458 g/mol. The monoisotopic (exact) mass is 477 g/mol. The molecule has 1 atom stereocenters. The van der Waals surface area contributed by atoms with Gasteiger partial charge in [-0.2, -0.15) is 0 Å². The smallest absolute Gasteiger partial charge is 0.300 e. The van der Waals surface area contributed by atoms with E-state index in [4.69, 9.17) is 0 Å². The number of phenolic OH excluding ortho intramolecular Hbond substituents is 1. The van der Waals surface area contributed by atoms with Crippen molar-refractivity contribution >= 4 is 39.1 Å². The third-order valence-electron chi connectivity index (χ3n) is 5.61. The van der Waals surface area contributed by atoms with Crippen molar-refractivity contribution in [3.63, 3.8) is 0 Å². The lowest BCUT2D eigenvalue weighted by molar-refractivity contribution is -0.132. The molecule has 0 spiro atoms. The Balaban J connectivity index is 1.98. The summed E-state index contributed by atoms with van der Waals surface area (Å²) < 4.78 is 0.829. The molecule has 1 saturated heterocycles. The molecule has 156 valence electrons. The van der Waals surface area contributed by atoms with Crippen molar-refractivity contribution in [2.75, 3.05) is 4.90 Å². The van der Waals surface area contributed by atoms with E-state index in [2.05, 4.69) is 15.9 Å². The first kappa shape index (κ1) is 20.9. The fraction of sp³-hybridized carbons (Fsp3) is 0.120. The first-order valence-corrected chi connectivity index (χ1v) is 10.5. The van der Waals surface area contributed by atoms with Crippen LogP contribution in [0.15, 0.2) is 76.8 Å². The number of benzene rings is 3. The minimum Gasteiger partial charge on any atom is -0.508 e. The van der Waals surface area contributed by atoms with Crippen molar-refractivity contribution < 1.29 is 19.8 Å². The largest absolute Gasteiger partial charge is 0.508 e. The number of Topliss-reactive ketones (excluding diaryl/α,β-unsaturated/α-hetero) is 1.